The van der Waals surface area contributed by atoms with Crippen LogP contribution in [0.1, 0.15) is 32.0 Å². The van der Waals surface area contributed by atoms with Gasteiger partial charge in [-0.3, -0.25) is 4.79 Å². The van der Waals surface area contributed by atoms with E-state index in [0.717, 1.165) is 29.7 Å². The summed E-state index contributed by atoms with van der Waals surface area (Å²) in [5.41, 5.74) is 0. The summed E-state index contributed by atoms with van der Waals surface area (Å²) in [6, 6.07) is 0. The Labute approximate surface area is 105 Å². The van der Waals surface area contributed by atoms with Crippen LogP contribution in [-0.4, -0.2) is 33.0 Å². The molecule has 1 aliphatic rings. The third-order valence-electron chi connectivity index (χ3n) is 2.78. The maximum atomic E-state index is 10.7. The number of amides is 1. The van der Waals surface area contributed by atoms with Gasteiger partial charge in [0.05, 0.1) is 0 Å². The van der Waals surface area contributed by atoms with Crippen molar-refractivity contribution in [3.63, 3.8) is 0 Å². The van der Waals surface area contributed by atoms with Crippen LogP contribution in [-0.2, 0) is 17.8 Å². The molecule has 1 amide bonds. The number of aryl methyl sites for hydroxylation is 1. The molecule has 2 rings (SSSR count). The molecule has 6 heteroatoms. The largest absolute Gasteiger partial charge is 0.356 e. The molecule has 1 aliphatic heterocycles. The van der Waals surface area contributed by atoms with Gasteiger partial charge in [-0.05, 0) is 12.8 Å². The Morgan fingerprint density at radius 1 is 1.41 bits per heavy atom. The van der Waals surface area contributed by atoms with Gasteiger partial charge >= 0.3 is 0 Å². The zero-order chi connectivity index (χ0) is 12.1. The summed E-state index contributed by atoms with van der Waals surface area (Å²) in [5, 5.41) is 12.2. The van der Waals surface area contributed by atoms with Crippen molar-refractivity contribution < 1.29 is 4.79 Å². The first-order chi connectivity index (χ1) is 8.27. The Bertz CT molecular complexity index is 391. The van der Waals surface area contributed by atoms with Gasteiger partial charge in [-0.2, -0.15) is 0 Å². The number of nitrogens with one attached hydrogen (secondary N) is 1. The zero-order valence-electron chi connectivity index (χ0n) is 10.1. The molecular formula is C11H18N4OS. The second-order valence-corrected chi connectivity index (χ2v) is 5.25. The minimum absolute atomic E-state index is 0.0191. The number of carbonyl (C=O) groups excluding carboxylic acids is 1. The molecule has 0 aromatic carbocycles. The zero-order valence-corrected chi connectivity index (χ0v) is 10.9. The second kappa shape index (κ2) is 6.05. The average molecular weight is 254 g/mol. The van der Waals surface area contributed by atoms with Crippen LogP contribution < -0.4 is 5.32 Å². The normalized spacial score (nSPS) is 15.1. The average Bonchev–Trinajstić information content (AvgIpc) is 2.54. The first-order valence-electron chi connectivity index (χ1n) is 6.06. The highest BCUT2D eigenvalue weighted by atomic mass is 32.2. The Kier molecular flexibility index (Phi) is 4.42. The number of aromatic nitrogens is 3. The van der Waals surface area contributed by atoms with Crippen molar-refractivity contribution >= 4 is 17.7 Å². The Hall–Kier alpha value is -1.04. The highest BCUT2D eigenvalue weighted by Gasteiger charge is 2.14. The van der Waals surface area contributed by atoms with Crippen LogP contribution in [0.5, 0.6) is 0 Å². The van der Waals surface area contributed by atoms with Crippen LogP contribution in [0, 0.1) is 0 Å². The van der Waals surface area contributed by atoms with E-state index >= 15 is 0 Å². The van der Waals surface area contributed by atoms with E-state index < -0.39 is 0 Å². The van der Waals surface area contributed by atoms with Gasteiger partial charge in [0.15, 0.2) is 5.16 Å². The van der Waals surface area contributed by atoms with Crippen molar-refractivity contribution in [2.24, 2.45) is 0 Å². The summed E-state index contributed by atoms with van der Waals surface area (Å²) in [4.78, 5) is 10.7. The predicted octanol–water partition coefficient (Wildman–Crippen LogP) is 1.23. The molecule has 1 aromatic heterocycles. The van der Waals surface area contributed by atoms with Crippen molar-refractivity contribution in [3.8, 4) is 0 Å². The number of carbonyl (C=O) groups is 1. The van der Waals surface area contributed by atoms with Crippen molar-refractivity contribution in [1.82, 2.24) is 20.1 Å². The lowest BCUT2D eigenvalue weighted by molar-refractivity contribution is -0.118. The number of rotatable bonds is 4. The minimum atomic E-state index is 0.0191. The fourth-order valence-electron chi connectivity index (χ4n) is 1.93. The number of fused-ring (bicyclic) bond motifs is 1. The Morgan fingerprint density at radius 3 is 3.12 bits per heavy atom. The van der Waals surface area contributed by atoms with E-state index in [-0.39, 0.29) is 5.91 Å². The van der Waals surface area contributed by atoms with Crippen LogP contribution in [0.15, 0.2) is 5.16 Å². The van der Waals surface area contributed by atoms with Gasteiger partial charge in [0, 0.05) is 32.2 Å². The van der Waals surface area contributed by atoms with Crippen LogP contribution in [0.2, 0.25) is 0 Å². The maximum Gasteiger partial charge on any atom is 0.216 e. The minimum Gasteiger partial charge on any atom is -0.356 e. The molecule has 17 heavy (non-hydrogen) atoms. The van der Waals surface area contributed by atoms with Crippen LogP contribution >= 0.6 is 11.8 Å². The number of hydrogen-bond acceptors (Lipinski definition) is 4. The van der Waals surface area contributed by atoms with Crippen LogP contribution in [0.3, 0.4) is 0 Å². The summed E-state index contributed by atoms with van der Waals surface area (Å²) >= 11 is 1.67. The third kappa shape index (κ3) is 3.46. The molecule has 94 valence electrons. The molecule has 0 radical (unpaired) electrons. The number of hydrogen-bond donors (Lipinski definition) is 1. The van der Waals surface area contributed by atoms with Gasteiger partial charge in [-0.15, -0.1) is 10.2 Å². The lowest BCUT2D eigenvalue weighted by atomic mass is 10.2. The second-order valence-electron chi connectivity index (χ2n) is 4.19. The van der Waals surface area contributed by atoms with Gasteiger partial charge in [0.1, 0.15) is 5.82 Å². The summed E-state index contributed by atoms with van der Waals surface area (Å²) in [7, 11) is 0. The fourth-order valence-corrected chi connectivity index (χ4v) is 2.77. The Balaban J connectivity index is 1.88. The molecule has 0 saturated carbocycles. The van der Waals surface area contributed by atoms with Gasteiger partial charge in [0.25, 0.3) is 0 Å². The fraction of sp³-hybridized carbons (Fsp3) is 0.727. The van der Waals surface area contributed by atoms with Crippen molar-refractivity contribution in [2.45, 2.75) is 44.3 Å². The first kappa shape index (κ1) is 12.4. The van der Waals surface area contributed by atoms with E-state index in [1.165, 1.54) is 26.2 Å². The molecule has 1 aromatic rings. The molecule has 0 atom stereocenters. The summed E-state index contributed by atoms with van der Waals surface area (Å²) in [6.45, 7) is 3.25. The van der Waals surface area contributed by atoms with Gasteiger partial charge in [0.2, 0.25) is 5.91 Å². The molecule has 5 nitrogen and oxygen atoms in total. The molecule has 0 fully saturated rings. The molecule has 2 heterocycles. The maximum absolute atomic E-state index is 10.7. The van der Waals surface area contributed by atoms with Crippen LogP contribution in [0.25, 0.3) is 0 Å². The monoisotopic (exact) mass is 254 g/mol. The van der Waals surface area contributed by atoms with E-state index in [1.54, 1.807) is 11.8 Å². The van der Waals surface area contributed by atoms with Gasteiger partial charge in [-0.25, -0.2) is 0 Å². The van der Waals surface area contributed by atoms with Crippen molar-refractivity contribution in [2.75, 3.05) is 12.3 Å². The van der Waals surface area contributed by atoms with Gasteiger partial charge in [-0.1, -0.05) is 18.2 Å². The van der Waals surface area contributed by atoms with E-state index in [0.29, 0.717) is 6.54 Å². The molecule has 0 spiro atoms. The lowest BCUT2D eigenvalue weighted by Crippen LogP contribution is -2.22. The molecule has 0 aliphatic carbocycles. The first-order valence-corrected chi connectivity index (χ1v) is 7.05. The molecular weight excluding hydrogens is 236 g/mol. The predicted molar refractivity (Wildman–Crippen MR) is 67.0 cm³/mol. The Morgan fingerprint density at radius 2 is 2.29 bits per heavy atom. The summed E-state index contributed by atoms with van der Waals surface area (Å²) in [5.74, 6) is 1.98. The SMILES string of the molecule is CC(=O)NCCSc1nnc2n1CCCCC2. The van der Waals surface area contributed by atoms with E-state index in [2.05, 4.69) is 20.1 Å². The molecule has 0 saturated heterocycles. The lowest BCUT2D eigenvalue weighted by Gasteiger charge is -2.06. The van der Waals surface area contributed by atoms with E-state index in [9.17, 15) is 4.79 Å². The third-order valence-corrected chi connectivity index (χ3v) is 3.75. The standard InChI is InChI=1S/C11H18N4OS/c1-9(16)12-6-8-17-11-14-13-10-5-3-2-4-7-15(10)11/h2-8H2,1H3,(H,12,16). The topological polar surface area (TPSA) is 59.8 Å². The highest BCUT2D eigenvalue weighted by Crippen LogP contribution is 2.21. The number of nitrogens with zero attached hydrogens (tertiary/aromatic N) is 3. The van der Waals surface area contributed by atoms with Crippen molar-refractivity contribution in [1.29, 1.82) is 0 Å². The quantitative estimate of drug-likeness (QED) is 0.648. The van der Waals surface area contributed by atoms with E-state index in [1.807, 2.05) is 0 Å². The smallest absolute Gasteiger partial charge is 0.216 e. The van der Waals surface area contributed by atoms with Crippen molar-refractivity contribution in [3.05, 3.63) is 5.82 Å². The van der Waals surface area contributed by atoms with E-state index in [4.69, 9.17) is 0 Å². The molecule has 0 unspecified atom stereocenters. The summed E-state index contributed by atoms with van der Waals surface area (Å²) in [6.07, 6.45) is 4.75. The molecule has 0 bridgehead atoms. The van der Waals surface area contributed by atoms with Crippen LogP contribution in [0.4, 0.5) is 0 Å². The highest BCUT2D eigenvalue weighted by molar-refractivity contribution is 7.99. The molecule has 1 N–H and O–H groups in total. The summed E-state index contributed by atoms with van der Waals surface area (Å²) < 4.78 is 2.23. The number of thioether (sulfide) groups is 1. The van der Waals surface area contributed by atoms with Gasteiger partial charge < -0.3 is 9.88 Å².